The van der Waals surface area contributed by atoms with Crippen LogP contribution in [-0.4, -0.2) is 0 Å². The smallest absolute Gasteiger partial charge is 0.0358 e. The molecule has 1 heterocycles. The second-order valence-electron chi connectivity index (χ2n) is 4.92. The van der Waals surface area contributed by atoms with Crippen LogP contribution in [0.5, 0.6) is 0 Å². The van der Waals surface area contributed by atoms with E-state index >= 15 is 0 Å². The van der Waals surface area contributed by atoms with Crippen LogP contribution in [0.1, 0.15) is 24.0 Å². The summed E-state index contributed by atoms with van der Waals surface area (Å²) >= 11 is 1.93. The number of fused-ring (bicyclic) bond motifs is 4. The van der Waals surface area contributed by atoms with Gasteiger partial charge < -0.3 is 0 Å². The quantitative estimate of drug-likeness (QED) is 0.520. The summed E-state index contributed by atoms with van der Waals surface area (Å²) in [5.74, 6) is 0. The first-order valence-corrected chi connectivity index (χ1v) is 7.16. The summed E-state index contributed by atoms with van der Waals surface area (Å²) in [6.45, 7) is 0. The van der Waals surface area contributed by atoms with E-state index in [4.69, 9.17) is 0 Å². The highest BCUT2D eigenvalue weighted by Crippen LogP contribution is 2.37. The van der Waals surface area contributed by atoms with Crippen molar-refractivity contribution in [3.8, 4) is 0 Å². The number of hydrogen-bond acceptors (Lipinski definition) is 1. The van der Waals surface area contributed by atoms with Crippen LogP contribution in [0.4, 0.5) is 0 Å². The molecule has 84 valence electrons. The molecule has 0 aliphatic heterocycles. The summed E-state index contributed by atoms with van der Waals surface area (Å²) in [5, 5.41) is 2.90. The minimum Gasteiger partial charge on any atom is -0.135 e. The predicted molar refractivity (Wildman–Crippen MR) is 76.0 cm³/mol. The van der Waals surface area contributed by atoms with Crippen LogP contribution in [0.3, 0.4) is 0 Å². The molecule has 0 saturated heterocycles. The lowest BCUT2D eigenvalue weighted by molar-refractivity contribution is 0.687. The van der Waals surface area contributed by atoms with Gasteiger partial charge in [0, 0.05) is 20.2 Å². The maximum absolute atomic E-state index is 2.45. The summed E-state index contributed by atoms with van der Waals surface area (Å²) < 4.78 is 2.89. The molecular formula is C16H14S. The summed E-state index contributed by atoms with van der Waals surface area (Å²) in [7, 11) is 0. The Hall–Kier alpha value is -1.34. The topological polar surface area (TPSA) is 0 Å². The fraction of sp³-hybridized carbons (Fsp3) is 0.250. The van der Waals surface area contributed by atoms with Gasteiger partial charge in [0.1, 0.15) is 0 Å². The van der Waals surface area contributed by atoms with Gasteiger partial charge in [0.15, 0.2) is 0 Å². The highest BCUT2D eigenvalue weighted by molar-refractivity contribution is 7.25. The average molecular weight is 238 g/mol. The Morgan fingerprint density at radius 3 is 2.41 bits per heavy atom. The van der Waals surface area contributed by atoms with E-state index in [0.29, 0.717) is 0 Å². The Morgan fingerprint density at radius 2 is 1.53 bits per heavy atom. The number of hydrogen-bond donors (Lipinski definition) is 0. The fourth-order valence-electron chi connectivity index (χ4n) is 2.95. The van der Waals surface area contributed by atoms with Crippen molar-refractivity contribution < 1.29 is 0 Å². The lowest BCUT2D eigenvalue weighted by atomic mass is 9.90. The van der Waals surface area contributed by atoms with Crippen LogP contribution in [0, 0.1) is 0 Å². The van der Waals surface area contributed by atoms with E-state index in [0.717, 1.165) is 0 Å². The first-order valence-electron chi connectivity index (χ1n) is 6.35. The van der Waals surface area contributed by atoms with Crippen LogP contribution in [-0.2, 0) is 12.8 Å². The van der Waals surface area contributed by atoms with E-state index < -0.39 is 0 Å². The number of benzene rings is 2. The van der Waals surface area contributed by atoms with Crippen molar-refractivity contribution in [1.29, 1.82) is 0 Å². The molecule has 0 unspecified atom stereocenters. The van der Waals surface area contributed by atoms with Crippen molar-refractivity contribution in [2.24, 2.45) is 0 Å². The Balaban J connectivity index is 2.12. The zero-order valence-electron chi connectivity index (χ0n) is 9.70. The van der Waals surface area contributed by atoms with Gasteiger partial charge in [-0.15, -0.1) is 11.3 Å². The molecule has 3 aromatic rings. The van der Waals surface area contributed by atoms with Crippen LogP contribution in [0.25, 0.3) is 20.2 Å². The normalized spacial score (nSPS) is 15.3. The van der Waals surface area contributed by atoms with Gasteiger partial charge in [-0.05, 0) is 55.0 Å². The van der Waals surface area contributed by atoms with Gasteiger partial charge in [-0.2, -0.15) is 0 Å². The van der Waals surface area contributed by atoms with Gasteiger partial charge in [-0.25, -0.2) is 0 Å². The minimum absolute atomic E-state index is 1.27. The Morgan fingerprint density at radius 1 is 0.765 bits per heavy atom. The third-order valence-electron chi connectivity index (χ3n) is 3.84. The summed E-state index contributed by atoms with van der Waals surface area (Å²) in [6.07, 6.45) is 5.28. The van der Waals surface area contributed by atoms with Gasteiger partial charge in [-0.1, -0.05) is 18.2 Å². The first-order chi connectivity index (χ1) is 8.42. The monoisotopic (exact) mass is 238 g/mol. The Bertz CT molecular complexity index is 706. The zero-order chi connectivity index (χ0) is 11.2. The van der Waals surface area contributed by atoms with Gasteiger partial charge >= 0.3 is 0 Å². The molecule has 0 saturated carbocycles. The standard InChI is InChI=1S/C16H14S/c1-2-6-12-10-16-14(9-11(12)5-1)13-7-3-4-8-15(13)17-16/h3-4,7-10H,1-2,5-6H2. The van der Waals surface area contributed by atoms with Gasteiger partial charge in [0.2, 0.25) is 0 Å². The molecule has 1 aromatic heterocycles. The molecule has 0 nitrogen and oxygen atoms in total. The largest absolute Gasteiger partial charge is 0.135 e. The molecule has 4 rings (SSSR count). The molecule has 0 atom stereocenters. The molecule has 2 aromatic carbocycles. The second-order valence-corrected chi connectivity index (χ2v) is 6.01. The van der Waals surface area contributed by atoms with Crippen molar-refractivity contribution >= 4 is 31.5 Å². The lowest BCUT2D eigenvalue weighted by Crippen LogP contribution is -2.01. The number of rotatable bonds is 0. The third-order valence-corrected chi connectivity index (χ3v) is 4.97. The van der Waals surface area contributed by atoms with E-state index in [-0.39, 0.29) is 0 Å². The molecular weight excluding hydrogens is 224 g/mol. The molecule has 0 bridgehead atoms. The van der Waals surface area contributed by atoms with Crippen LogP contribution in [0.2, 0.25) is 0 Å². The maximum Gasteiger partial charge on any atom is 0.0358 e. The van der Waals surface area contributed by atoms with Gasteiger partial charge in [-0.3, -0.25) is 0 Å². The Labute approximate surface area is 105 Å². The van der Waals surface area contributed by atoms with E-state index in [2.05, 4.69) is 36.4 Å². The van der Waals surface area contributed by atoms with Crippen molar-refractivity contribution in [3.63, 3.8) is 0 Å². The van der Waals surface area contributed by atoms with E-state index in [1.54, 1.807) is 11.1 Å². The second kappa shape index (κ2) is 3.58. The molecule has 1 aliphatic rings. The molecule has 1 heteroatoms. The fourth-order valence-corrected chi connectivity index (χ4v) is 4.11. The molecule has 17 heavy (non-hydrogen) atoms. The highest BCUT2D eigenvalue weighted by Gasteiger charge is 2.12. The SMILES string of the molecule is c1ccc2c(c1)sc1cc3c(cc12)CCCC3. The highest BCUT2D eigenvalue weighted by atomic mass is 32.1. The molecule has 0 fully saturated rings. The van der Waals surface area contributed by atoms with Crippen LogP contribution >= 0.6 is 11.3 Å². The summed E-state index contributed by atoms with van der Waals surface area (Å²) in [5.41, 5.74) is 3.18. The first kappa shape index (κ1) is 9.67. The van der Waals surface area contributed by atoms with E-state index in [1.165, 1.54) is 45.9 Å². The van der Waals surface area contributed by atoms with E-state index in [9.17, 15) is 0 Å². The zero-order valence-corrected chi connectivity index (χ0v) is 10.5. The van der Waals surface area contributed by atoms with Crippen molar-refractivity contribution in [2.45, 2.75) is 25.7 Å². The van der Waals surface area contributed by atoms with E-state index in [1.807, 2.05) is 11.3 Å². The van der Waals surface area contributed by atoms with Crippen LogP contribution in [0.15, 0.2) is 36.4 Å². The van der Waals surface area contributed by atoms with Crippen molar-refractivity contribution in [1.82, 2.24) is 0 Å². The number of thiophene rings is 1. The lowest BCUT2D eigenvalue weighted by Gasteiger charge is -2.15. The van der Waals surface area contributed by atoms with Crippen molar-refractivity contribution in [3.05, 3.63) is 47.5 Å². The minimum atomic E-state index is 1.27. The summed E-state index contributed by atoms with van der Waals surface area (Å²) in [4.78, 5) is 0. The summed E-state index contributed by atoms with van der Waals surface area (Å²) in [6, 6.07) is 13.7. The number of aryl methyl sites for hydroxylation is 2. The molecule has 0 radical (unpaired) electrons. The molecule has 1 aliphatic carbocycles. The average Bonchev–Trinajstić information content (AvgIpc) is 2.73. The molecule has 0 amide bonds. The van der Waals surface area contributed by atoms with Crippen LogP contribution < -0.4 is 0 Å². The Kier molecular flexibility index (Phi) is 2.03. The molecule has 0 spiro atoms. The van der Waals surface area contributed by atoms with Crippen molar-refractivity contribution in [2.75, 3.05) is 0 Å². The molecule has 0 N–H and O–H groups in total. The third kappa shape index (κ3) is 1.42. The predicted octanol–water partition coefficient (Wildman–Crippen LogP) is 4.93. The maximum atomic E-state index is 2.45. The van der Waals surface area contributed by atoms with Gasteiger partial charge in [0.05, 0.1) is 0 Å². The van der Waals surface area contributed by atoms with Gasteiger partial charge in [0.25, 0.3) is 0 Å².